The fourth-order valence-electron chi connectivity index (χ4n) is 2.84. The van der Waals surface area contributed by atoms with E-state index in [9.17, 15) is 0 Å². The van der Waals surface area contributed by atoms with Gasteiger partial charge in [0.25, 0.3) is 0 Å². The molecule has 0 amide bonds. The van der Waals surface area contributed by atoms with E-state index in [0.717, 1.165) is 42.4 Å². The van der Waals surface area contributed by atoms with Gasteiger partial charge in [0, 0.05) is 37.3 Å². The van der Waals surface area contributed by atoms with E-state index < -0.39 is 0 Å². The number of fused-ring (bicyclic) bond motifs is 1. The van der Waals surface area contributed by atoms with Crippen LogP contribution in [0.2, 0.25) is 0 Å². The van der Waals surface area contributed by atoms with Crippen LogP contribution in [-0.2, 0) is 12.8 Å². The lowest BCUT2D eigenvalue weighted by Gasteiger charge is -2.25. The number of hydrogen-bond acceptors (Lipinski definition) is 5. The minimum absolute atomic E-state index is 0.436. The SMILES string of the molecule is CCN(C)c1cc(CC2COc3cc(OC)ccc3C2)ncn1. The summed E-state index contributed by atoms with van der Waals surface area (Å²) < 4.78 is 11.2. The van der Waals surface area contributed by atoms with E-state index in [1.54, 1.807) is 13.4 Å². The van der Waals surface area contributed by atoms with Crippen LogP contribution in [0.15, 0.2) is 30.6 Å². The van der Waals surface area contributed by atoms with Gasteiger partial charge in [-0.15, -0.1) is 0 Å². The lowest BCUT2D eigenvalue weighted by atomic mass is 9.92. The minimum atomic E-state index is 0.436. The highest BCUT2D eigenvalue weighted by atomic mass is 16.5. The summed E-state index contributed by atoms with van der Waals surface area (Å²) in [4.78, 5) is 10.9. The zero-order valence-corrected chi connectivity index (χ0v) is 14.0. The Morgan fingerprint density at radius 1 is 1.30 bits per heavy atom. The van der Waals surface area contributed by atoms with Crippen LogP contribution in [0.1, 0.15) is 18.2 Å². The Balaban J connectivity index is 1.70. The number of benzene rings is 1. The van der Waals surface area contributed by atoms with Crippen molar-refractivity contribution < 1.29 is 9.47 Å². The number of rotatable bonds is 5. The molecule has 5 nitrogen and oxygen atoms in total. The highest BCUT2D eigenvalue weighted by Gasteiger charge is 2.21. The van der Waals surface area contributed by atoms with Crippen molar-refractivity contribution in [1.82, 2.24) is 9.97 Å². The highest BCUT2D eigenvalue weighted by Crippen LogP contribution is 2.32. The normalized spacial score (nSPS) is 16.4. The summed E-state index contributed by atoms with van der Waals surface area (Å²) in [5.74, 6) is 3.19. The van der Waals surface area contributed by atoms with Crippen LogP contribution in [0.4, 0.5) is 5.82 Å². The molecule has 1 unspecified atom stereocenters. The molecule has 0 fully saturated rings. The molecule has 0 radical (unpaired) electrons. The summed E-state index contributed by atoms with van der Waals surface area (Å²) in [6, 6.07) is 8.12. The Bertz CT molecular complexity index is 675. The van der Waals surface area contributed by atoms with Crippen LogP contribution in [0.25, 0.3) is 0 Å². The van der Waals surface area contributed by atoms with Gasteiger partial charge in [-0.1, -0.05) is 6.07 Å². The first-order valence-corrected chi connectivity index (χ1v) is 8.01. The second kappa shape index (κ2) is 6.86. The first kappa shape index (κ1) is 15.6. The summed E-state index contributed by atoms with van der Waals surface area (Å²) in [7, 11) is 3.72. The second-order valence-corrected chi connectivity index (χ2v) is 5.94. The number of aromatic nitrogens is 2. The second-order valence-electron chi connectivity index (χ2n) is 5.94. The van der Waals surface area contributed by atoms with Gasteiger partial charge >= 0.3 is 0 Å². The Morgan fingerprint density at radius 3 is 2.96 bits per heavy atom. The standard InChI is InChI=1S/C18H23N3O2/c1-4-21(2)18-9-15(19-12-20-18)8-13-7-14-5-6-16(22-3)10-17(14)23-11-13/h5-6,9-10,12-13H,4,7-8,11H2,1-3H3. The van der Waals surface area contributed by atoms with Crippen molar-refractivity contribution in [3.8, 4) is 11.5 Å². The molecule has 0 aliphatic carbocycles. The van der Waals surface area contributed by atoms with Gasteiger partial charge in [-0.25, -0.2) is 9.97 Å². The smallest absolute Gasteiger partial charge is 0.131 e. The molecule has 122 valence electrons. The van der Waals surface area contributed by atoms with Crippen LogP contribution in [-0.4, -0.2) is 37.3 Å². The Morgan fingerprint density at radius 2 is 2.17 bits per heavy atom. The van der Waals surface area contributed by atoms with Gasteiger partial charge < -0.3 is 14.4 Å². The van der Waals surface area contributed by atoms with Gasteiger partial charge in [0.1, 0.15) is 23.6 Å². The Labute approximate surface area is 137 Å². The molecule has 23 heavy (non-hydrogen) atoms. The average Bonchev–Trinajstić information content (AvgIpc) is 2.60. The van der Waals surface area contributed by atoms with E-state index in [2.05, 4.69) is 33.9 Å². The molecule has 0 saturated carbocycles. The highest BCUT2D eigenvalue weighted by molar-refractivity contribution is 5.42. The topological polar surface area (TPSA) is 47.5 Å². The van der Waals surface area contributed by atoms with Crippen LogP contribution in [0, 0.1) is 5.92 Å². The molecule has 0 N–H and O–H groups in total. The molecule has 0 spiro atoms. The third-order valence-electron chi connectivity index (χ3n) is 4.33. The fraction of sp³-hybridized carbons (Fsp3) is 0.444. The largest absolute Gasteiger partial charge is 0.497 e. The number of ether oxygens (including phenoxy) is 2. The van der Waals surface area contributed by atoms with Gasteiger partial charge in [0.2, 0.25) is 0 Å². The zero-order valence-electron chi connectivity index (χ0n) is 14.0. The molecule has 2 aromatic rings. The summed E-state index contributed by atoms with van der Waals surface area (Å²) in [6.07, 6.45) is 3.56. The predicted molar refractivity (Wildman–Crippen MR) is 90.4 cm³/mol. The summed E-state index contributed by atoms with van der Waals surface area (Å²) >= 11 is 0. The molecule has 2 heterocycles. The zero-order chi connectivity index (χ0) is 16.2. The Kier molecular flexibility index (Phi) is 4.65. The Hall–Kier alpha value is -2.30. The summed E-state index contributed by atoms with van der Waals surface area (Å²) in [6.45, 7) is 3.75. The number of methoxy groups -OCH3 is 1. The molecule has 1 aliphatic heterocycles. The van der Waals surface area contributed by atoms with E-state index in [1.165, 1.54) is 5.56 Å². The van der Waals surface area contributed by atoms with Crippen LogP contribution >= 0.6 is 0 Å². The molecule has 1 atom stereocenters. The average molecular weight is 313 g/mol. The van der Waals surface area contributed by atoms with Gasteiger partial charge in [-0.05, 0) is 31.4 Å². The lowest BCUT2D eigenvalue weighted by Crippen LogP contribution is -2.23. The van der Waals surface area contributed by atoms with Crippen molar-refractivity contribution in [1.29, 1.82) is 0 Å². The van der Waals surface area contributed by atoms with Gasteiger partial charge in [-0.3, -0.25) is 0 Å². The molecule has 0 saturated heterocycles. The van der Waals surface area contributed by atoms with Crippen LogP contribution in [0.3, 0.4) is 0 Å². The molecule has 5 heteroatoms. The maximum atomic E-state index is 5.92. The van der Waals surface area contributed by atoms with E-state index in [0.29, 0.717) is 12.5 Å². The van der Waals surface area contributed by atoms with E-state index >= 15 is 0 Å². The van der Waals surface area contributed by atoms with E-state index in [-0.39, 0.29) is 0 Å². The fourth-order valence-corrected chi connectivity index (χ4v) is 2.84. The number of hydrogen-bond donors (Lipinski definition) is 0. The van der Waals surface area contributed by atoms with Gasteiger partial charge in [0.05, 0.1) is 13.7 Å². The van der Waals surface area contributed by atoms with Crippen molar-refractivity contribution in [2.75, 3.05) is 32.2 Å². The third-order valence-corrected chi connectivity index (χ3v) is 4.33. The first-order valence-electron chi connectivity index (χ1n) is 8.01. The number of nitrogens with zero attached hydrogens (tertiary/aromatic N) is 3. The molecular weight excluding hydrogens is 290 g/mol. The van der Waals surface area contributed by atoms with Crippen molar-refractivity contribution in [2.45, 2.75) is 19.8 Å². The van der Waals surface area contributed by atoms with Crippen molar-refractivity contribution in [3.05, 3.63) is 41.9 Å². The quantitative estimate of drug-likeness (QED) is 0.849. The molecule has 1 aromatic heterocycles. The van der Waals surface area contributed by atoms with Gasteiger partial charge in [0.15, 0.2) is 0 Å². The maximum absolute atomic E-state index is 5.92. The molecule has 0 bridgehead atoms. The molecule has 3 rings (SSSR count). The third kappa shape index (κ3) is 3.55. The molecule has 1 aromatic carbocycles. The molecular formula is C18H23N3O2. The maximum Gasteiger partial charge on any atom is 0.131 e. The van der Waals surface area contributed by atoms with Crippen molar-refractivity contribution in [3.63, 3.8) is 0 Å². The summed E-state index contributed by atoms with van der Waals surface area (Å²) in [5, 5.41) is 0. The van der Waals surface area contributed by atoms with Crippen LogP contribution in [0.5, 0.6) is 11.5 Å². The van der Waals surface area contributed by atoms with Crippen LogP contribution < -0.4 is 14.4 Å². The monoisotopic (exact) mass is 313 g/mol. The predicted octanol–water partition coefficient (Wildman–Crippen LogP) is 2.74. The van der Waals surface area contributed by atoms with E-state index in [4.69, 9.17) is 9.47 Å². The van der Waals surface area contributed by atoms with E-state index in [1.807, 2.05) is 19.2 Å². The number of anilines is 1. The minimum Gasteiger partial charge on any atom is -0.497 e. The van der Waals surface area contributed by atoms with Crippen molar-refractivity contribution >= 4 is 5.82 Å². The summed E-state index contributed by atoms with van der Waals surface area (Å²) in [5.41, 5.74) is 2.31. The molecule has 1 aliphatic rings. The first-order chi connectivity index (χ1) is 11.2. The lowest BCUT2D eigenvalue weighted by molar-refractivity contribution is 0.219. The van der Waals surface area contributed by atoms with Crippen molar-refractivity contribution in [2.24, 2.45) is 5.92 Å². The van der Waals surface area contributed by atoms with Gasteiger partial charge in [-0.2, -0.15) is 0 Å².